The van der Waals surface area contributed by atoms with Crippen molar-refractivity contribution in [3.05, 3.63) is 16.0 Å². The van der Waals surface area contributed by atoms with E-state index in [0.29, 0.717) is 11.4 Å². The van der Waals surface area contributed by atoms with Crippen molar-refractivity contribution in [2.45, 2.75) is 17.3 Å². The molecule has 0 bridgehead atoms. The van der Waals surface area contributed by atoms with Crippen molar-refractivity contribution < 1.29 is 9.90 Å². The zero-order valence-electron chi connectivity index (χ0n) is 7.09. The number of carboxylic acids is 1. The first-order valence-electron chi connectivity index (χ1n) is 3.86. The number of hydrogen-bond acceptors (Lipinski definition) is 4. The average Bonchev–Trinajstić information content (AvgIpc) is 2.61. The standard InChI is InChI=1S/C8H9NO2S2/c1-12-8-5-3-9-2-4(5)6(13-8)7(10)11/h9H,2-3H2,1H3,(H,10,11). The Balaban J connectivity index is 2.54. The van der Waals surface area contributed by atoms with E-state index in [-0.39, 0.29) is 0 Å². The summed E-state index contributed by atoms with van der Waals surface area (Å²) in [6.07, 6.45) is 1.98. The normalized spacial score (nSPS) is 14.5. The zero-order chi connectivity index (χ0) is 9.42. The minimum absolute atomic E-state index is 0.504. The third-order valence-corrected chi connectivity index (χ3v) is 4.49. The minimum atomic E-state index is -0.801. The Morgan fingerprint density at radius 3 is 2.85 bits per heavy atom. The molecule has 1 aliphatic heterocycles. The summed E-state index contributed by atoms with van der Waals surface area (Å²) < 4.78 is 1.14. The molecule has 1 aliphatic rings. The quantitative estimate of drug-likeness (QED) is 0.738. The van der Waals surface area contributed by atoms with Gasteiger partial charge in [-0.3, -0.25) is 0 Å². The summed E-state index contributed by atoms with van der Waals surface area (Å²) >= 11 is 3.02. The Morgan fingerprint density at radius 1 is 1.54 bits per heavy atom. The largest absolute Gasteiger partial charge is 0.477 e. The van der Waals surface area contributed by atoms with E-state index >= 15 is 0 Å². The summed E-state index contributed by atoms with van der Waals surface area (Å²) in [5.41, 5.74) is 2.18. The van der Waals surface area contributed by atoms with Crippen LogP contribution in [0.15, 0.2) is 4.21 Å². The number of fused-ring (bicyclic) bond motifs is 1. The highest BCUT2D eigenvalue weighted by Gasteiger charge is 2.24. The molecule has 13 heavy (non-hydrogen) atoms. The smallest absolute Gasteiger partial charge is 0.346 e. The molecule has 0 atom stereocenters. The summed E-state index contributed by atoms with van der Waals surface area (Å²) in [6, 6.07) is 0. The number of thioether (sulfide) groups is 1. The molecule has 0 radical (unpaired) electrons. The second kappa shape index (κ2) is 3.32. The number of aromatic carboxylic acids is 1. The Morgan fingerprint density at radius 2 is 2.23 bits per heavy atom. The number of hydrogen-bond donors (Lipinski definition) is 2. The molecule has 0 aliphatic carbocycles. The van der Waals surface area contributed by atoms with Gasteiger partial charge in [0.05, 0.1) is 4.21 Å². The Kier molecular flexibility index (Phi) is 2.31. The second-order valence-electron chi connectivity index (χ2n) is 2.79. The van der Waals surface area contributed by atoms with Crippen LogP contribution in [0.4, 0.5) is 0 Å². The van der Waals surface area contributed by atoms with Crippen LogP contribution in [0.5, 0.6) is 0 Å². The third-order valence-electron chi connectivity index (χ3n) is 2.06. The Labute approximate surface area is 84.2 Å². The molecule has 0 saturated carbocycles. The molecule has 1 aromatic rings. The lowest BCUT2D eigenvalue weighted by Gasteiger charge is -1.93. The van der Waals surface area contributed by atoms with Crippen LogP contribution in [0.1, 0.15) is 20.8 Å². The van der Waals surface area contributed by atoms with E-state index in [0.717, 1.165) is 16.3 Å². The summed E-state index contributed by atoms with van der Waals surface area (Å²) in [5.74, 6) is -0.801. The molecule has 0 saturated heterocycles. The molecule has 0 fully saturated rings. The SMILES string of the molecule is CSc1sc(C(=O)O)c2c1CNC2. The summed E-state index contributed by atoms with van der Waals surface area (Å²) in [4.78, 5) is 11.4. The monoisotopic (exact) mass is 215 g/mol. The lowest BCUT2D eigenvalue weighted by atomic mass is 10.2. The van der Waals surface area contributed by atoms with Gasteiger partial charge in [-0.05, 0) is 17.4 Å². The van der Waals surface area contributed by atoms with Crippen LogP contribution in [0.2, 0.25) is 0 Å². The zero-order valence-corrected chi connectivity index (χ0v) is 8.72. The fourth-order valence-electron chi connectivity index (χ4n) is 1.49. The van der Waals surface area contributed by atoms with Gasteiger partial charge >= 0.3 is 5.97 Å². The molecule has 2 N–H and O–H groups in total. The van der Waals surface area contributed by atoms with Gasteiger partial charge < -0.3 is 10.4 Å². The maximum absolute atomic E-state index is 10.9. The molecule has 0 aromatic carbocycles. The van der Waals surface area contributed by atoms with Gasteiger partial charge in [0.25, 0.3) is 0 Å². The van der Waals surface area contributed by atoms with Gasteiger partial charge in [0.15, 0.2) is 0 Å². The van der Waals surface area contributed by atoms with Crippen molar-refractivity contribution in [2.75, 3.05) is 6.26 Å². The highest BCUT2D eigenvalue weighted by Crippen LogP contribution is 2.37. The first kappa shape index (κ1) is 9.05. The van der Waals surface area contributed by atoms with E-state index in [1.807, 2.05) is 6.26 Å². The molecule has 0 spiro atoms. The summed E-state index contributed by atoms with van der Waals surface area (Å²) in [6.45, 7) is 1.52. The van der Waals surface area contributed by atoms with E-state index in [1.165, 1.54) is 16.9 Å². The third kappa shape index (κ3) is 1.37. The van der Waals surface area contributed by atoms with Crippen LogP contribution < -0.4 is 5.32 Å². The molecule has 2 rings (SSSR count). The molecule has 3 nitrogen and oxygen atoms in total. The highest BCUT2D eigenvalue weighted by atomic mass is 32.2. The fraction of sp³-hybridized carbons (Fsp3) is 0.375. The molecular formula is C8H9NO2S2. The predicted molar refractivity (Wildman–Crippen MR) is 53.6 cm³/mol. The molecule has 0 amide bonds. The van der Waals surface area contributed by atoms with Crippen molar-refractivity contribution in [1.29, 1.82) is 0 Å². The maximum Gasteiger partial charge on any atom is 0.346 e. The topological polar surface area (TPSA) is 49.3 Å². The Hall–Kier alpha value is -0.520. The second-order valence-corrected chi connectivity index (χ2v) is 4.88. The highest BCUT2D eigenvalue weighted by molar-refractivity contribution is 8.00. The number of carbonyl (C=O) groups is 1. The van der Waals surface area contributed by atoms with Gasteiger partial charge in [-0.1, -0.05) is 0 Å². The van der Waals surface area contributed by atoms with E-state index in [9.17, 15) is 4.79 Å². The van der Waals surface area contributed by atoms with E-state index < -0.39 is 5.97 Å². The van der Waals surface area contributed by atoms with Crippen LogP contribution in [-0.2, 0) is 13.1 Å². The molecular weight excluding hydrogens is 206 g/mol. The first-order chi connectivity index (χ1) is 6.24. The average molecular weight is 215 g/mol. The fourth-order valence-corrected chi connectivity index (χ4v) is 3.43. The first-order valence-corrected chi connectivity index (χ1v) is 5.90. The van der Waals surface area contributed by atoms with Gasteiger partial charge in [0.1, 0.15) is 4.88 Å². The van der Waals surface area contributed by atoms with Gasteiger partial charge in [-0.25, -0.2) is 4.79 Å². The summed E-state index contributed by atoms with van der Waals surface area (Å²) in [7, 11) is 0. The van der Waals surface area contributed by atoms with Crippen molar-refractivity contribution in [3.63, 3.8) is 0 Å². The van der Waals surface area contributed by atoms with Crippen LogP contribution in [-0.4, -0.2) is 17.3 Å². The van der Waals surface area contributed by atoms with Crippen LogP contribution >= 0.6 is 23.1 Å². The lowest BCUT2D eigenvalue weighted by molar-refractivity contribution is 0.0701. The molecule has 5 heteroatoms. The van der Waals surface area contributed by atoms with Crippen LogP contribution in [0.25, 0.3) is 0 Å². The predicted octanol–water partition coefficient (Wildman–Crippen LogP) is 1.77. The molecule has 2 heterocycles. The van der Waals surface area contributed by atoms with Gasteiger partial charge in [0.2, 0.25) is 0 Å². The van der Waals surface area contributed by atoms with Crippen molar-refractivity contribution >= 4 is 29.1 Å². The van der Waals surface area contributed by atoms with Crippen molar-refractivity contribution in [2.24, 2.45) is 0 Å². The van der Waals surface area contributed by atoms with E-state index in [4.69, 9.17) is 5.11 Å². The molecule has 1 aromatic heterocycles. The molecule has 0 unspecified atom stereocenters. The van der Waals surface area contributed by atoms with Crippen molar-refractivity contribution in [1.82, 2.24) is 5.32 Å². The Bertz CT molecular complexity index is 359. The number of nitrogens with one attached hydrogen (secondary N) is 1. The maximum atomic E-state index is 10.9. The van der Waals surface area contributed by atoms with Crippen LogP contribution in [0, 0.1) is 0 Å². The van der Waals surface area contributed by atoms with Crippen LogP contribution in [0.3, 0.4) is 0 Å². The van der Waals surface area contributed by atoms with Crippen molar-refractivity contribution in [3.8, 4) is 0 Å². The van der Waals surface area contributed by atoms with E-state index in [2.05, 4.69) is 5.32 Å². The number of carboxylic acid groups (broad SMARTS) is 1. The number of thiophene rings is 1. The molecule has 70 valence electrons. The summed E-state index contributed by atoms with van der Waals surface area (Å²) in [5, 5.41) is 12.1. The van der Waals surface area contributed by atoms with E-state index in [1.54, 1.807) is 11.8 Å². The lowest BCUT2D eigenvalue weighted by Crippen LogP contribution is -2.03. The van der Waals surface area contributed by atoms with Gasteiger partial charge in [0, 0.05) is 13.1 Å². The number of rotatable bonds is 2. The minimum Gasteiger partial charge on any atom is -0.477 e. The van der Waals surface area contributed by atoms with Gasteiger partial charge in [-0.2, -0.15) is 0 Å². The van der Waals surface area contributed by atoms with Gasteiger partial charge in [-0.15, -0.1) is 23.1 Å².